The molecule has 0 spiro atoms. The van der Waals surface area contributed by atoms with E-state index in [1.54, 1.807) is 12.1 Å². The van der Waals surface area contributed by atoms with Gasteiger partial charge in [0.1, 0.15) is 0 Å². The number of hydrogen-bond donors (Lipinski definition) is 2. The van der Waals surface area contributed by atoms with Crippen LogP contribution in [0.2, 0.25) is 0 Å². The van der Waals surface area contributed by atoms with E-state index in [1.807, 2.05) is 27.7 Å². The number of nitrogens with one attached hydrogen (secondary N) is 2. The molecule has 0 bridgehead atoms. The normalized spacial score (nSPS) is 21.3. The molecule has 1 saturated heterocycles. The van der Waals surface area contributed by atoms with Crippen LogP contribution >= 0.6 is 0 Å². The van der Waals surface area contributed by atoms with Gasteiger partial charge in [-0.05, 0) is 53.5 Å². The van der Waals surface area contributed by atoms with Crippen molar-refractivity contribution in [2.45, 2.75) is 77.2 Å². The van der Waals surface area contributed by atoms with Crippen LogP contribution in [-0.4, -0.2) is 50.2 Å². The molecule has 1 aliphatic heterocycles. The van der Waals surface area contributed by atoms with Crippen LogP contribution in [0.1, 0.15) is 76.6 Å². The van der Waals surface area contributed by atoms with E-state index in [9.17, 15) is 18.0 Å². The predicted octanol–water partition coefficient (Wildman–Crippen LogP) is 4.11. The van der Waals surface area contributed by atoms with Crippen LogP contribution in [0.3, 0.4) is 0 Å². The second-order valence-corrected chi connectivity index (χ2v) is 13.4. The SMILES string of the molecule is C=CC(=O)NC1C(C)(C)CN(S(=O)(=O)c2ccc(C(=O)NCCC3CCCCC3)cc2)CC1(C)C. The molecule has 35 heavy (non-hydrogen) atoms. The van der Waals surface area contributed by atoms with Crippen molar-refractivity contribution in [1.82, 2.24) is 14.9 Å². The van der Waals surface area contributed by atoms with Crippen LogP contribution in [0.25, 0.3) is 0 Å². The molecule has 0 atom stereocenters. The zero-order valence-corrected chi connectivity index (χ0v) is 22.4. The van der Waals surface area contributed by atoms with Gasteiger partial charge in [0.25, 0.3) is 5.91 Å². The Labute approximate surface area is 210 Å². The molecule has 194 valence electrons. The molecule has 1 aromatic carbocycles. The summed E-state index contributed by atoms with van der Waals surface area (Å²) >= 11 is 0. The van der Waals surface area contributed by atoms with Crippen molar-refractivity contribution in [2.75, 3.05) is 19.6 Å². The molecule has 2 aliphatic rings. The zero-order chi connectivity index (χ0) is 25.9. The lowest BCUT2D eigenvalue weighted by Crippen LogP contribution is -2.64. The van der Waals surface area contributed by atoms with Gasteiger partial charge >= 0.3 is 0 Å². The number of benzene rings is 1. The van der Waals surface area contributed by atoms with Gasteiger partial charge in [-0.15, -0.1) is 0 Å². The number of rotatable bonds is 8. The summed E-state index contributed by atoms with van der Waals surface area (Å²) in [7, 11) is -3.77. The molecule has 2 amide bonds. The topological polar surface area (TPSA) is 95.6 Å². The Balaban J connectivity index is 1.66. The summed E-state index contributed by atoms with van der Waals surface area (Å²) in [5.74, 6) is 0.255. The lowest BCUT2D eigenvalue weighted by molar-refractivity contribution is -0.120. The van der Waals surface area contributed by atoms with Crippen molar-refractivity contribution in [3.63, 3.8) is 0 Å². The molecule has 2 fully saturated rings. The Bertz CT molecular complexity index is 1010. The lowest BCUT2D eigenvalue weighted by Gasteiger charge is -2.52. The third-order valence-electron chi connectivity index (χ3n) is 7.52. The van der Waals surface area contributed by atoms with Crippen molar-refractivity contribution >= 4 is 21.8 Å². The van der Waals surface area contributed by atoms with Gasteiger partial charge in [0.15, 0.2) is 0 Å². The Morgan fingerprint density at radius 3 is 2.14 bits per heavy atom. The minimum atomic E-state index is -3.77. The van der Waals surface area contributed by atoms with E-state index in [1.165, 1.54) is 54.6 Å². The number of nitrogens with zero attached hydrogens (tertiary/aromatic N) is 1. The smallest absolute Gasteiger partial charge is 0.251 e. The van der Waals surface area contributed by atoms with E-state index in [-0.39, 0.29) is 35.8 Å². The fraction of sp³-hybridized carbons (Fsp3) is 0.630. The van der Waals surface area contributed by atoms with E-state index in [0.717, 1.165) is 6.42 Å². The van der Waals surface area contributed by atoms with E-state index in [4.69, 9.17) is 0 Å². The second-order valence-electron chi connectivity index (χ2n) is 11.5. The number of amides is 2. The highest BCUT2D eigenvalue weighted by Crippen LogP contribution is 2.42. The van der Waals surface area contributed by atoms with E-state index >= 15 is 0 Å². The van der Waals surface area contributed by atoms with E-state index < -0.39 is 20.9 Å². The second kappa shape index (κ2) is 10.8. The van der Waals surface area contributed by atoms with Crippen molar-refractivity contribution < 1.29 is 18.0 Å². The number of sulfonamides is 1. The van der Waals surface area contributed by atoms with Gasteiger partial charge in [-0.1, -0.05) is 66.4 Å². The summed E-state index contributed by atoms with van der Waals surface area (Å²) in [4.78, 5) is 24.7. The average molecular weight is 504 g/mol. The standard InChI is InChI=1S/C27H41N3O4S/c1-6-23(31)29-25-26(2,3)18-30(19-27(25,4)5)35(33,34)22-14-12-21(13-15-22)24(32)28-17-16-20-10-8-7-9-11-20/h6,12-15,20,25H,1,7-11,16-19H2,2-5H3,(H,28,32)(H,29,31). The molecule has 2 N–H and O–H groups in total. The summed E-state index contributed by atoms with van der Waals surface area (Å²) in [6, 6.07) is 5.96. The highest BCUT2D eigenvalue weighted by Gasteiger charge is 2.50. The Morgan fingerprint density at radius 1 is 1.03 bits per heavy atom. The summed E-state index contributed by atoms with van der Waals surface area (Å²) < 4.78 is 28.5. The Kier molecular flexibility index (Phi) is 8.48. The molecule has 1 aromatic rings. The zero-order valence-electron chi connectivity index (χ0n) is 21.6. The minimum Gasteiger partial charge on any atom is -0.352 e. The lowest BCUT2D eigenvalue weighted by atomic mass is 9.67. The highest BCUT2D eigenvalue weighted by atomic mass is 32.2. The number of carbonyl (C=O) groups is 2. The summed E-state index contributed by atoms with van der Waals surface area (Å²) in [6.45, 7) is 12.6. The Morgan fingerprint density at radius 2 is 1.60 bits per heavy atom. The fourth-order valence-corrected chi connectivity index (χ4v) is 7.65. The van der Waals surface area contributed by atoms with Gasteiger partial charge in [-0.3, -0.25) is 9.59 Å². The molecule has 0 radical (unpaired) electrons. The predicted molar refractivity (Wildman–Crippen MR) is 138 cm³/mol. The third-order valence-corrected chi connectivity index (χ3v) is 9.33. The molecule has 1 aliphatic carbocycles. The van der Waals surface area contributed by atoms with Crippen molar-refractivity contribution in [3.8, 4) is 0 Å². The van der Waals surface area contributed by atoms with Gasteiger partial charge in [0.2, 0.25) is 15.9 Å². The number of carbonyl (C=O) groups excluding carboxylic acids is 2. The summed E-state index contributed by atoms with van der Waals surface area (Å²) in [5.41, 5.74) is -0.531. The van der Waals surface area contributed by atoms with Gasteiger partial charge in [-0.25, -0.2) is 8.42 Å². The molecule has 1 saturated carbocycles. The van der Waals surface area contributed by atoms with Gasteiger partial charge < -0.3 is 10.6 Å². The first kappa shape index (κ1) is 27.4. The quantitative estimate of drug-likeness (QED) is 0.522. The largest absolute Gasteiger partial charge is 0.352 e. The third kappa shape index (κ3) is 6.53. The fourth-order valence-electron chi connectivity index (χ4n) is 5.86. The number of hydrogen-bond acceptors (Lipinski definition) is 4. The summed E-state index contributed by atoms with van der Waals surface area (Å²) in [6.07, 6.45) is 8.60. The monoisotopic (exact) mass is 503 g/mol. The van der Waals surface area contributed by atoms with E-state index in [2.05, 4.69) is 17.2 Å². The van der Waals surface area contributed by atoms with E-state index in [0.29, 0.717) is 18.0 Å². The first-order valence-electron chi connectivity index (χ1n) is 12.7. The van der Waals surface area contributed by atoms with Gasteiger partial charge in [0, 0.05) is 31.2 Å². The Hall–Kier alpha value is -2.19. The maximum absolute atomic E-state index is 13.5. The van der Waals surface area contributed by atoms with Crippen LogP contribution in [0.4, 0.5) is 0 Å². The van der Waals surface area contributed by atoms with Crippen LogP contribution in [0.5, 0.6) is 0 Å². The highest BCUT2D eigenvalue weighted by molar-refractivity contribution is 7.89. The van der Waals surface area contributed by atoms with Gasteiger partial charge in [-0.2, -0.15) is 4.31 Å². The minimum absolute atomic E-state index is 0.163. The van der Waals surface area contributed by atoms with Crippen LogP contribution < -0.4 is 10.6 Å². The molecule has 0 aromatic heterocycles. The average Bonchev–Trinajstić information content (AvgIpc) is 2.81. The van der Waals surface area contributed by atoms with Crippen molar-refractivity contribution in [2.24, 2.45) is 16.7 Å². The van der Waals surface area contributed by atoms with Gasteiger partial charge in [0.05, 0.1) is 4.90 Å². The maximum atomic E-state index is 13.5. The molecule has 8 heteroatoms. The number of piperidine rings is 1. The van der Waals surface area contributed by atoms with Crippen LogP contribution in [-0.2, 0) is 14.8 Å². The molecule has 7 nitrogen and oxygen atoms in total. The van der Waals surface area contributed by atoms with Crippen molar-refractivity contribution in [3.05, 3.63) is 42.5 Å². The molecular formula is C27H41N3O4S. The summed E-state index contributed by atoms with van der Waals surface area (Å²) in [5, 5.41) is 5.97. The van der Waals surface area contributed by atoms with Crippen molar-refractivity contribution in [1.29, 1.82) is 0 Å². The first-order chi connectivity index (χ1) is 16.4. The first-order valence-corrected chi connectivity index (χ1v) is 14.1. The maximum Gasteiger partial charge on any atom is 0.251 e. The van der Waals surface area contributed by atoms with Crippen LogP contribution in [0.15, 0.2) is 41.8 Å². The molecule has 3 rings (SSSR count). The molecular weight excluding hydrogens is 462 g/mol. The molecule has 0 unspecified atom stereocenters. The van der Waals surface area contributed by atoms with Crippen LogP contribution in [0, 0.1) is 16.7 Å². The molecule has 1 heterocycles.